The molecule has 0 saturated heterocycles. The van der Waals surface area contributed by atoms with Gasteiger partial charge in [-0.2, -0.15) is 0 Å². The predicted octanol–water partition coefficient (Wildman–Crippen LogP) is 1.84. The van der Waals surface area contributed by atoms with Gasteiger partial charge in [0.05, 0.1) is 0 Å². The zero-order valence-corrected chi connectivity index (χ0v) is 9.45. The molecular formula is C9H18NO3P. The molecule has 4 nitrogen and oxygen atoms in total. The van der Waals surface area contributed by atoms with Crippen molar-refractivity contribution in [3.05, 3.63) is 25.3 Å². The van der Waals surface area contributed by atoms with Crippen molar-refractivity contribution < 1.29 is 14.2 Å². The third-order valence-electron chi connectivity index (χ3n) is 1.59. The van der Waals surface area contributed by atoms with Gasteiger partial charge in [-0.3, -0.25) is 4.57 Å². The van der Waals surface area contributed by atoms with E-state index < -0.39 is 7.52 Å². The van der Waals surface area contributed by atoms with Crippen molar-refractivity contribution in [2.45, 2.75) is 6.92 Å². The Labute approximate surface area is 85.4 Å². The second-order valence-electron chi connectivity index (χ2n) is 2.74. The Kier molecular flexibility index (Phi) is 6.75. The molecule has 14 heavy (non-hydrogen) atoms. The van der Waals surface area contributed by atoms with Crippen LogP contribution in [0.15, 0.2) is 25.3 Å². The molecule has 0 aliphatic rings. The largest absolute Gasteiger partial charge is 0.370 e. The summed E-state index contributed by atoms with van der Waals surface area (Å²) in [5.74, 6) is 0. The third-order valence-corrected chi connectivity index (χ3v) is 3.31. The van der Waals surface area contributed by atoms with E-state index in [0.717, 1.165) is 0 Å². The fourth-order valence-corrected chi connectivity index (χ4v) is 2.24. The van der Waals surface area contributed by atoms with E-state index in [9.17, 15) is 9.46 Å². The molecule has 0 rings (SSSR count). The molecule has 0 bridgehead atoms. The van der Waals surface area contributed by atoms with Crippen LogP contribution in [0.3, 0.4) is 0 Å². The maximum Gasteiger partial charge on any atom is 0.295 e. The van der Waals surface area contributed by atoms with Crippen LogP contribution in [0.25, 0.3) is 0 Å². The molecule has 0 aromatic carbocycles. The van der Waals surface area contributed by atoms with Crippen LogP contribution in [0.2, 0.25) is 0 Å². The van der Waals surface area contributed by atoms with Gasteiger partial charge in [-0.05, 0) is 6.92 Å². The topological polar surface area (TPSA) is 49.8 Å². The van der Waals surface area contributed by atoms with E-state index in [1.54, 1.807) is 19.1 Å². The first-order chi connectivity index (χ1) is 6.58. The van der Waals surface area contributed by atoms with Crippen LogP contribution < -0.4 is 0 Å². The lowest BCUT2D eigenvalue weighted by Gasteiger charge is -2.24. The third kappa shape index (κ3) is 4.72. The molecule has 0 radical (unpaired) electrons. The molecule has 0 aliphatic heterocycles. The molecule has 0 aromatic rings. The number of hydrogen-bond donors (Lipinski definition) is 1. The summed E-state index contributed by atoms with van der Waals surface area (Å²) in [6.07, 6.45) is 3.02. The fourth-order valence-electron chi connectivity index (χ4n) is 0.920. The van der Waals surface area contributed by atoms with Crippen LogP contribution in [-0.2, 0) is 9.30 Å². The summed E-state index contributed by atoms with van der Waals surface area (Å²) >= 11 is 0. The lowest BCUT2D eigenvalue weighted by Crippen LogP contribution is -2.22. The highest BCUT2D eigenvalue weighted by molar-refractivity contribution is 7.55. The standard InChI is InChI=1S/C9H18NO3P/c1-4-7-10(8-5-2)14(11,12)9-13-6-3/h4-5H,1-2,6-9H2,3H3,(H,11,12). The summed E-state index contributed by atoms with van der Waals surface area (Å²) in [6, 6.07) is 0. The van der Waals surface area contributed by atoms with Gasteiger partial charge in [-0.25, -0.2) is 4.67 Å². The lowest BCUT2D eigenvalue weighted by molar-refractivity contribution is 0.174. The summed E-state index contributed by atoms with van der Waals surface area (Å²) in [5, 5.41) is 0. The Balaban J connectivity index is 4.35. The molecule has 0 heterocycles. The Hall–Kier alpha value is -0.410. The molecule has 1 unspecified atom stereocenters. The second kappa shape index (κ2) is 6.96. The number of hydrogen-bond acceptors (Lipinski definition) is 2. The highest BCUT2D eigenvalue weighted by Crippen LogP contribution is 2.44. The normalized spacial score (nSPS) is 15.1. The van der Waals surface area contributed by atoms with E-state index >= 15 is 0 Å². The van der Waals surface area contributed by atoms with Crippen LogP contribution in [0.1, 0.15) is 6.92 Å². The van der Waals surface area contributed by atoms with Crippen molar-refractivity contribution in [2.24, 2.45) is 0 Å². The van der Waals surface area contributed by atoms with Crippen molar-refractivity contribution in [3.63, 3.8) is 0 Å². The first-order valence-electron chi connectivity index (χ1n) is 4.45. The van der Waals surface area contributed by atoms with E-state index in [0.29, 0.717) is 19.7 Å². The molecule has 0 spiro atoms. The van der Waals surface area contributed by atoms with Crippen molar-refractivity contribution in [3.8, 4) is 0 Å². The van der Waals surface area contributed by atoms with E-state index in [-0.39, 0.29) is 6.35 Å². The Morgan fingerprint density at radius 2 is 1.93 bits per heavy atom. The number of rotatable bonds is 8. The summed E-state index contributed by atoms with van der Waals surface area (Å²) < 4.78 is 18.1. The van der Waals surface area contributed by atoms with Gasteiger partial charge >= 0.3 is 0 Å². The first kappa shape index (κ1) is 13.6. The Morgan fingerprint density at radius 3 is 2.29 bits per heavy atom. The summed E-state index contributed by atoms with van der Waals surface area (Å²) in [4.78, 5) is 9.63. The van der Waals surface area contributed by atoms with Crippen molar-refractivity contribution >= 4 is 7.52 Å². The minimum absolute atomic E-state index is 0.148. The highest BCUT2D eigenvalue weighted by atomic mass is 31.2. The van der Waals surface area contributed by atoms with Gasteiger partial charge in [0.25, 0.3) is 7.52 Å². The zero-order valence-electron chi connectivity index (χ0n) is 8.56. The van der Waals surface area contributed by atoms with Crippen LogP contribution in [0.5, 0.6) is 0 Å². The zero-order chi connectivity index (χ0) is 11.0. The SMILES string of the molecule is C=CCN(CC=C)P(=O)(O)COCC. The van der Waals surface area contributed by atoms with E-state index in [1.165, 1.54) is 4.67 Å². The molecule has 0 amide bonds. The quantitative estimate of drug-likeness (QED) is 0.500. The second-order valence-corrected chi connectivity index (χ2v) is 4.89. The first-order valence-corrected chi connectivity index (χ1v) is 6.25. The van der Waals surface area contributed by atoms with Gasteiger partial charge < -0.3 is 9.63 Å². The van der Waals surface area contributed by atoms with Gasteiger partial charge in [0, 0.05) is 19.7 Å². The molecule has 0 saturated carbocycles. The molecule has 0 aliphatic carbocycles. The summed E-state index contributed by atoms with van der Waals surface area (Å²) in [5.41, 5.74) is 0. The van der Waals surface area contributed by atoms with Gasteiger partial charge in [-0.15, -0.1) is 13.2 Å². The maximum absolute atomic E-state index is 11.7. The van der Waals surface area contributed by atoms with E-state index in [2.05, 4.69) is 13.2 Å². The van der Waals surface area contributed by atoms with Gasteiger partial charge in [0.2, 0.25) is 0 Å². The van der Waals surface area contributed by atoms with E-state index in [1.807, 2.05) is 0 Å². The predicted molar refractivity (Wildman–Crippen MR) is 58.3 cm³/mol. The number of ether oxygens (including phenoxy) is 1. The Bertz CT molecular complexity index is 220. The van der Waals surface area contributed by atoms with Crippen molar-refractivity contribution in [2.75, 3.05) is 26.0 Å². The number of nitrogens with zero attached hydrogens (tertiary/aromatic N) is 1. The minimum Gasteiger partial charge on any atom is -0.370 e. The Morgan fingerprint density at radius 1 is 1.43 bits per heavy atom. The van der Waals surface area contributed by atoms with Crippen LogP contribution >= 0.6 is 7.52 Å². The minimum atomic E-state index is -3.38. The average Bonchev–Trinajstić information content (AvgIpc) is 2.14. The van der Waals surface area contributed by atoms with Crippen LogP contribution in [0, 0.1) is 0 Å². The summed E-state index contributed by atoms with van der Waals surface area (Å²) in [6.45, 7) is 9.98. The molecule has 1 atom stereocenters. The van der Waals surface area contributed by atoms with E-state index in [4.69, 9.17) is 4.74 Å². The molecule has 0 fully saturated rings. The van der Waals surface area contributed by atoms with Crippen molar-refractivity contribution in [1.29, 1.82) is 0 Å². The average molecular weight is 219 g/mol. The smallest absolute Gasteiger partial charge is 0.295 e. The molecule has 0 aromatic heterocycles. The van der Waals surface area contributed by atoms with Gasteiger partial charge in [0.15, 0.2) is 0 Å². The summed E-state index contributed by atoms with van der Waals surface area (Å²) in [7, 11) is -3.38. The molecule has 82 valence electrons. The fraction of sp³-hybridized carbons (Fsp3) is 0.556. The van der Waals surface area contributed by atoms with Gasteiger partial charge in [-0.1, -0.05) is 12.2 Å². The molecule has 1 N–H and O–H groups in total. The van der Waals surface area contributed by atoms with Gasteiger partial charge in [0.1, 0.15) is 6.35 Å². The van der Waals surface area contributed by atoms with Crippen LogP contribution in [0.4, 0.5) is 0 Å². The monoisotopic (exact) mass is 219 g/mol. The van der Waals surface area contributed by atoms with Crippen molar-refractivity contribution in [1.82, 2.24) is 4.67 Å². The maximum atomic E-state index is 11.7. The van der Waals surface area contributed by atoms with Crippen LogP contribution in [-0.4, -0.2) is 35.6 Å². The highest BCUT2D eigenvalue weighted by Gasteiger charge is 2.25. The lowest BCUT2D eigenvalue weighted by atomic mass is 10.5. The molecular weight excluding hydrogens is 201 g/mol. The molecule has 5 heteroatoms.